The molecule has 0 aromatic heterocycles. The summed E-state index contributed by atoms with van der Waals surface area (Å²) in [4.78, 5) is 26.3. The van der Waals surface area contributed by atoms with Crippen molar-refractivity contribution >= 4 is 56.4 Å². The Bertz CT molecular complexity index is 1560. The van der Waals surface area contributed by atoms with E-state index in [1.807, 2.05) is 37.3 Å². The number of carbonyl (C=O) groups is 2. The van der Waals surface area contributed by atoms with Gasteiger partial charge in [-0.3, -0.25) is 13.9 Å². The molecule has 0 unspecified atom stereocenters. The van der Waals surface area contributed by atoms with Crippen molar-refractivity contribution in [3.8, 4) is 0 Å². The number of benzene rings is 4. The minimum atomic E-state index is -4.17. The fourth-order valence-electron chi connectivity index (χ4n) is 3.93. The van der Waals surface area contributed by atoms with Crippen molar-refractivity contribution in [3.63, 3.8) is 0 Å². The number of anilines is 2. The van der Waals surface area contributed by atoms with Crippen molar-refractivity contribution in [2.24, 2.45) is 0 Å². The highest BCUT2D eigenvalue weighted by Crippen LogP contribution is 2.30. The van der Waals surface area contributed by atoms with Crippen LogP contribution in [0.3, 0.4) is 0 Å². The molecule has 0 fully saturated rings. The zero-order chi connectivity index (χ0) is 28.0. The topological polar surface area (TPSA) is 95.6 Å². The molecule has 0 heterocycles. The summed E-state index contributed by atoms with van der Waals surface area (Å²) in [6.07, 6.45) is 0. The van der Waals surface area contributed by atoms with Gasteiger partial charge in [0.1, 0.15) is 6.54 Å². The number of para-hydroxylation sites is 1. The molecule has 7 nitrogen and oxygen atoms in total. The van der Waals surface area contributed by atoms with E-state index in [-0.39, 0.29) is 37.9 Å². The molecule has 4 aromatic rings. The first kappa shape index (κ1) is 28.2. The lowest BCUT2D eigenvalue weighted by atomic mass is 10.1. The second kappa shape index (κ2) is 12.3. The van der Waals surface area contributed by atoms with Gasteiger partial charge in [-0.1, -0.05) is 83.9 Å². The van der Waals surface area contributed by atoms with Gasteiger partial charge in [0, 0.05) is 10.0 Å². The predicted molar refractivity (Wildman–Crippen MR) is 155 cm³/mol. The quantitative estimate of drug-likeness (QED) is 0.242. The van der Waals surface area contributed by atoms with Crippen LogP contribution in [0.1, 0.15) is 28.9 Å². The molecule has 0 bridgehead atoms. The van der Waals surface area contributed by atoms with Gasteiger partial charge in [-0.05, 0) is 55.0 Å². The number of halogens is 2. The third-order valence-electron chi connectivity index (χ3n) is 5.85. The van der Waals surface area contributed by atoms with Crippen molar-refractivity contribution in [2.75, 3.05) is 16.2 Å². The lowest BCUT2D eigenvalue weighted by Crippen LogP contribution is -2.38. The van der Waals surface area contributed by atoms with Gasteiger partial charge >= 0.3 is 0 Å². The van der Waals surface area contributed by atoms with E-state index in [1.54, 1.807) is 42.5 Å². The van der Waals surface area contributed by atoms with E-state index in [0.717, 1.165) is 9.87 Å². The molecular weight excluding hydrogens is 557 g/mol. The highest BCUT2D eigenvalue weighted by molar-refractivity contribution is 7.92. The molecule has 0 saturated carbocycles. The van der Waals surface area contributed by atoms with Crippen molar-refractivity contribution in [3.05, 3.63) is 124 Å². The molecule has 2 amide bonds. The fourth-order valence-corrected chi connectivity index (χ4v) is 5.87. The molecule has 4 aromatic carbocycles. The summed E-state index contributed by atoms with van der Waals surface area (Å²) in [6.45, 7) is 1.27. The summed E-state index contributed by atoms with van der Waals surface area (Å²) in [7, 11) is -4.17. The smallest absolute Gasteiger partial charge is 0.264 e. The molecule has 0 spiro atoms. The number of sulfonamides is 1. The molecular formula is C29H25Cl2N3O4S. The maximum absolute atomic E-state index is 13.6. The Labute approximate surface area is 237 Å². The number of amides is 2. The maximum atomic E-state index is 13.6. The molecule has 1 atom stereocenters. The van der Waals surface area contributed by atoms with E-state index in [0.29, 0.717) is 0 Å². The number of hydrogen-bond acceptors (Lipinski definition) is 4. The molecule has 4 rings (SSSR count). The first-order chi connectivity index (χ1) is 18.6. The van der Waals surface area contributed by atoms with Crippen molar-refractivity contribution < 1.29 is 18.0 Å². The minimum Gasteiger partial charge on any atom is -0.345 e. The van der Waals surface area contributed by atoms with Crippen LogP contribution in [-0.2, 0) is 14.8 Å². The van der Waals surface area contributed by atoms with E-state index in [2.05, 4.69) is 10.6 Å². The van der Waals surface area contributed by atoms with Gasteiger partial charge in [0.25, 0.3) is 15.9 Å². The maximum Gasteiger partial charge on any atom is 0.264 e. The van der Waals surface area contributed by atoms with Crippen molar-refractivity contribution in [1.29, 1.82) is 0 Å². The third kappa shape index (κ3) is 6.97. The normalized spacial score (nSPS) is 11.9. The van der Waals surface area contributed by atoms with Gasteiger partial charge in [-0.2, -0.15) is 0 Å². The molecule has 0 radical (unpaired) electrons. The van der Waals surface area contributed by atoms with Gasteiger partial charge < -0.3 is 10.6 Å². The summed E-state index contributed by atoms with van der Waals surface area (Å²) in [5.74, 6) is -1.06. The van der Waals surface area contributed by atoms with E-state index in [9.17, 15) is 18.0 Å². The average Bonchev–Trinajstić information content (AvgIpc) is 2.92. The highest BCUT2D eigenvalue weighted by Gasteiger charge is 2.28. The second-order valence-electron chi connectivity index (χ2n) is 8.65. The molecule has 0 saturated heterocycles. The minimum absolute atomic E-state index is 0.0106. The number of carbonyl (C=O) groups excluding carboxylic acids is 2. The van der Waals surface area contributed by atoms with Gasteiger partial charge in [0.15, 0.2) is 0 Å². The van der Waals surface area contributed by atoms with Crippen LogP contribution in [0, 0.1) is 0 Å². The van der Waals surface area contributed by atoms with Crippen LogP contribution >= 0.6 is 23.2 Å². The zero-order valence-electron chi connectivity index (χ0n) is 20.8. The molecule has 200 valence electrons. The van der Waals surface area contributed by atoms with Crippen molar-refractivity contribution in [2.45, 2.75) is 17.9 Å². The lowest BCUT2D eigenvalue weighted by molar-refractivity contribution is -0.114. The molecule has 0 aliphatic rings. The van der Waals surface area contributed by atoms with Gasteiger partial charge in [-0.25, -0.2) is 8.42 Å². The van der Waals surface area contributed by atoms with E-state index in [1.165, 1.54) is 30.3 Å². The van der Waals surface area contributed by atoms with Crippen LogP contribution in [0.2, 0.25) is 10.0 Å². The Hall–Kier alpha value is -3.85. The Morgan fingerprint density at radius 3 is 2.03 bits per heavy atom. The van der Waals surface area contributed by atoms with Crippen molar-refractivity contribution in [1.82, 2.24) is 5.32 Å². The molecule has 39 heavy (non-hydrogen) atoms. The predicted octanol–water partition coefficient (Wildman–Crippen LogP) is 6.32. The Kier molecular flexibility index (Phi) is 8.91. The molecule has 0 aliphatic heterocycles. The summed E-state index contributed by atoms with van der Waals surface area (Å²) < 4.78 is 28.1. The Morgan fingerprint density at radius 1 is 0.821 bits per heavy atom. The van der Waals surface area contributed by atoms with Crippen LogP contribution in [0.5, 0.6) is 0 Å². The number of nitrogens with one attached hydrogen (secondary N) is 2. The first-order valence-corrected chi connectivity index (χ1v) is 14.1. The SMILES string of the molecule is C[C@H](NC(=O)c1ccccc1NC(=O)CN(c1cc(Cl)cc(Cl)c1)S(=O)(=O)c1ccccc1)c1ccccc1. The van der Waals surface area contributed by atoms with E-state index >= 15 is 0 Å². The van der Waals surface area contributed by atoms with Crippen LogP contribution in [0.15, 0.2) is 108 Å². The highest BCUT2D eigenvalue weighted by atomic mass is 35.5. The zero-order valence-corrected chi connectivity index (χ0v) is 23.2. The molecule has 2 N–H and O–H groups in total. The van der Waals surface area contributed by atoms with Crippen LogP contribution < -0.4 is 14.9 Å². The number of nitrogens with zero attached hydrogens (tertiary/aromatic N) is 1. The third-order valence-corrected chi connectivity index (χ3v) is 8.07. The summed E-state index contributed by atoms with van der Waals surface area (Å²) in [6, 6.07) is 27.7. The second-order valence-corrected chi connectivity index (χ2v) is 11.4. The average molecular weight is 583 g/mol. The van der Waals surface area contributed by atoms with Crippen LogP contribution in [0.25, 0.3) is 0 Å². The van der Waals surface area contributed by atoms with Gasteiger partial charge in [0.2, 0.25) is 5.91 Å². The standard InChI is InChI=1S/C29H25Cl2N3O4S/c1-20(21-10-4-2-5-11-21)32-29(36)26-14-8-9-15-27(26)33-28(35)19-34(24-17-22(30)16-23(31)18-24)39(37,38)25-12-6-3-7-13-25/h2-18,20H,19H2,1H3,(H,32,36)(H,33,35)/t20-/m0/s1. The Balaban J connectivity index is 1.60. The fraction of sp³-hybridized carbons (Fsp3) is 0.103. The summed E-state index contributed by atoms with van der Waals surface area (Å²) in [5, 5.41) is 6.03. The van der Waals surface area contributed by atoms with Crippen LogP contribution in [-0.4, -0.2) is 26.8 Å². The van der Waals surface area contributed by atoms with Gasteiger partial charge in [-0.15, -0.1) is 0 Å². The largest absolute Gasteiger partial charge is 0.345 e. The van der Waals surface area contributed by atoms with Gasteiger partial charge in [0.05, 0.1) is 27.9 Å². The monoisotopic (exact) mass is 581 g/mol. The summed E-state index contributed by atoms with van der Waals surface area (Å²) >= 11 is 12.3. The van der Waals surface area contributed by atoms with Crippen LogP contribution in [0.4, 0.5) is 11.4 Å². The lowest BCUT2D eigenvalue weighted by Gasteiger charge is -2.25. The first-order valence-electron chi connectivity index (χ1n) is 11.9. The van der Waals surface area contributed by atoms with E-state index < -0.39 is 28.4 Å². The van der Waals surface area contributed by atoms with E-state index in [4.69, 9.17) is 23.2 Å². The molecule has 0 aliphatic carbocycles. The molecule has 10 heteroatoms. The summed E-state index contributed by atoms with van der Waals surface area (Å²) in [5.41, 5.74) is 1.52. The number of hydrogen-bond donors (Lipinski definition) is 2. The Morgan fingerprint density at radius 2 is 1.38 bits per heavy atom. The number of rotatable bonds is 9.